The number of nitrogens with one attached hydrogen (secondary N) is 1. The van der Waals surface area contributed by atoms with Gasteiger partial charge in [-0.2, -0.15) is 0 Å². The summed E-state index contributed by atoms with van der Waals surface area (Å²) in [5.74, 6) is 1.00. The summed E-state index contributed by atoms with van der Waals surface area (Å²) in [6.07, 6.45) is 5.27. The number of fused-ring (bicyclic) bond motifs is 1. The number of hydrogen-bond donors (Lipinski definition) is 1. The number of thiophene rings is 1. The maximum Gasteiger partial charge on any atom is 0.0613 e. The molecule has 0 bridgehead atoms. The van der Waals surface area contributed by atoms with Crippen molar-refractivity contribution in [2.24, 2.45) is 0 Å². The highest BCUT2D eigenvalue weighted by atomic mass is 32.2. The lowest BCUT2D eigenvalue weighted by Gasteiger charge is -2.12. The van der Waals surface area contributed by atoms with Crippen LogP contribution in [0, 0.1) is 5.41 Å². The van der Waals surface area contributed by atoms with Crippen LogP contribution in [0.3, 0.4) is 0 Å². The van der Waals surface area contributed by atoms with Crippen molar-refractivity contribution in [3.63, 3.8) is 0 Å². The zero-order chi connectivity index (χ0) is 9.97. The molecule has 0 amide bonds. The zero-order valence-corrected chi connectivity index (χ0v) is 10.1. The van der Waals surface area contributed by atoms with Crippen molar-refractivity contribution in [1.82, 2.24) is 0 Å². The van der Waals surface area contributed by atoms with E-state index in [4.69, 9.17) is 5.41 Å². The topological polar surface area (TPSA) is 23.9 Å². The van der Waals surface area contributed by atoms with Gasteiger partial charge in [0.05, 0.1) is 5.04 Å². The minimum atomic E-state index is 0.723. The molecule has 1 nitrogen and oxygen atoms in total. The van der Waals surface area contributed by atoms with Crippen LogP contribution in [0.4, 0.5) is 0 Å². The Morgan fingerprint density at radius 3 is 3.07 bits per heavy atom. The van der Waals surface area contributed by atoms with Crippen LogP contribution in [0.25, 0.3) is 0 Å². The molecule has 76 valence electrons. The Labute approximate surface area is 93.4 Å². The van der Waals surface area contributed by atoms with Crippen LogP contribution in [-0.2, 0) is 18.6 Å². The first-order valence-corrected chi connectivity index (χ1v) is 6.90. The van der Waals surface area contributed by atoms with Gasteiger partial charge in [0.15, 0.2) is 0 Å². The molecule has 0 unspecified atom stereocenters. The molecule has 1 aromatic rings. The fraction of sp³-hybridized carbons (Fsp3) is 0.545. The third kappa shape index (κ3) is 2.20. The molecule has 0 atom stereocenters. The standard InChI is InChI=1S/C11H15NS2/c1-8(12)13-6-9-7-14-11-5-3-2-4-10(9)11/h7,12H,2-6H2,1H3. The molecule has 0 aromatic carbocycles. The molecule has 1 aromatic heterocycles. The third-order valence-corrected chi connectivity index (χ3v) is 4.62. The van der Waals surface area contributed by atoms with Gasteiger partial charge in [0, 0.05) is 10.6 Å². The van der Waals surface area contributed by atoms with Crippen LogP contribution < -0.4 is 0 Å². The Balaban J connectivity index is 2.10. The van der Waals surface area contributed by atoms with E-state index in [1.165, 1.54) is 31.2 Å². The first-order chi connectivity index (χ1) is 6.77. The summed E-state index contributed by atoms with van der Waals surface area (Å²) < 4.78 is 0. The first-order valence-electron chi connectivity index (χ1n) is 5.03. The zero-order valence-electron chi connectivity index (χ0n) is 8.43. The van der Waals surface area contributed by atoms with Gasteiger partial charge in [-0.05, 0) is 49.1 Å². The molecule has 3 heteroatoms. The Bertz CT molecular complexity index is 341. The molecule has 2 rings (SSSR count). The smallest absolute Gasteiger partial charge is 0.0613 e. The number of rotatable bonds is 2. The van der Waals surface area contributed by atoms with Crippen LogP contribution in [0.1, 0.15) is 35.8 Å². The number of thioether (sulfide) groups is 1. The van der Waals surface area contributed by atoms with E-state index in [1.807, 2.05) is 18.3 Å². The van der Waals surface area contributed by atoms with E-state index in [2.05, 4.69) is 5.38 Å². The number of hydrogen-bond acceptors (Lipinski definition) is 3. The van der Waals surface area contributed by atoms with Gasteiger partial charge in [0.25, 0.3) is 0 Å². The van der Waals surface area contributed by atoms with Gasteiger partial charge >= 0.3 is 0 Å². The highest BCUT2D eigenvalue weighted by Crippen LogP contribution is 2.32. The third-order valence-electron chi connectivity index (χ3n) is 2.59. The lowest BCUT2D eigenvalue weighted by Crippen LogP contribution is -2.00. The van der Waals surface area contributed by atoms with Crippen molar-refractivity contribution >= 4 is 28.1 Å². The fourth-order valence-corrected chi connectivity index (χ4v) is 3.75. The molecule has 1 N–H and O–H groups in total. The van der Waals surface area contributed by atoms with E-state index in [1.54, 1.807) is 22.2 Å². The second-order valence-corrected chi connectivity index (χ2v) is 5.87. The van der Waals surface area contributed by atoms with E-state index in [0.29, 0.717) is 0 Å². The molecule has 0 radical (unpaired) electrons. The molecule has 0 aliphatic heterocycles. The van der Waals surface area contributed by atoms with E-state index in [0.717, 1.165) is 10.8 Å². The van der Waals surface area contributed by atoms with Crippen LogP contribution in [0.2, 0.25) is 0 Å². The largest absolute Gasteiger partial charge is 0.299 e. The van der Waals surface area contributed by atoms with Gasteiger partial charge in [-0.1, -0.05) is 0 Å². The average Bonchev–Trinajstić information content (AvgIpc) is 2.58. The molecule has 0 spiro atoms. The van der Waals surface area contributed by atoms with E-state index in [-0.39, 0.29) is 0 Å². The molecule has 1 aliphatic carbocycles. The van der Waals surface area contributed by atoms with Crippen molar-refractivity contribution in [2.75, 3.05) is 0 Å². The SMILES string of the molecule is CC(=N)SCc1csc2c1CCCC2. The monoisotopic (exact) mass is 225 g/mol. The van der Waals surface area contributed by atoms with Crippen molar-refractivity contribution in [1.29, 1.82) is 5.41 Å². The lowest BCUT2D eigenvalue weighted by molar-refractivity contribution is 0.693. The van der Waals surface area contributed by atoms with Gasteiger partial charge in [0.2, 0.25) is 0 Å². The fourth-order valence-electron chi connectivity index (χ4n) is 1.87. The summed E-state index contributed by atoms with van der Waals surface area (Å²) in [5, 5.41) is 10.4. The van der Waals surface area contributed by atoms with Gasteiger partial charge in [-0.15, -0.1) is 23.1 Å². The van der Waals surface area contributed by atoms with Crippen LogP contribution in [0.5, 0.6) is 0 Å². The van der Waals surface area contributed by atoms with Crippen molar-refractivity contribution < 1.29 is 0 Å². The predicted octanol–water partition coefficient (Wildman–Crippen LogP) is 3.86. The van der Waals surface area contributed by atoms with Crippen LogP contribution in [0.15, 0.2) is 5.38 Å². The van der Waals surface area contributed by atoms with E-state index >= 15 is 0 Å². The molecular formula is C11H15NS2. The molecule has 14 heavy (non-hydrogen) atoms. The Morgan fingerprint density at radius 2 is 2.29 bits per heavy atom. The lowest BCUT2D eigenvalue weighted by atomic mass is 9.97. The average molecular weight is 225 g/mol. The van der Waals surface area contributed by atoms with Gasteiger partial charge in [0.1, 0.15) is 0 Å². The predicted molar refractivity (Wildman–Crippen MR) is 65.7 cm³/mol. The Hall–Kier alpha value is -0.280. The van der Waals surface area contributed by atoms with Crippen LogP contribution >= 0.6 is 23.1 Å². The minimum absolute atomic E-state index is 0.723. The second-order valence-electron chi connectivity index (χ2n) is 3.71. The van der Waals surface area contributed by atoms with E-state index < -0.39 is 0 Å². The summed E-state index contributed by atoms with van der Waals surface area (Å²) in [6, 6.07) is 0. The highest BCUT2D eigenvalue weighted by molar-refractivity contribution is 8.13. The van der Waals surface area contributed by atoms with Gasteiger partial charge < -0.3 is 0 Å². The summed E-state index contributed by atoms with van der Waals surface area (Å²) in [6.45, 7) is 1.86. The van der Waals surface area contributed by atoms with Crippen molar-refractivity contribution in [2.45, 2.75) is 38.4 Å². The Kier molecular flexibility index (Phi) is 3.29. The molecule has 0 fully saturated rings. The molecule has 1 heterocycles. The molecular weight excluding hydrogens is 210 g/mol. The summed E-state index contributed by atoms with van der Waals surface area (Å²) in [5.41, 5.74) is 3.09. The maximum absolute atomic E-state index is 7.40. The van der Waals surface area contributed by atoms with Gasteiger partial charge in [-0.25, -0.2) is 0 Å². The van der Waals surface area contributed by atoms with E-state index in [9.17, 15) is 0 Å². The summed E-state index contributed by atoms with van der Waals surface area (Å²) in [7, 11) is 0. The molecule has 1 aliphatic rings. The normalized spacial score (nSPS) is 15.2. The first kappa shape index (κ1) is 10.2. The number of aryl methyl sites for hydroxylation is 1. The van der Waals surface area contributed by atoms with Gasteiger partial charge in [-0.3, -0.25) is 5.41 Å². The molecule has 0 saturated heterocycles. The summed E-state index contributed by atoms with van der Waals surface area (Å²) >= 11 is 3.57. The second kappa shape index (κ2) is 4.49. The highest BCUT2D eigenvalue weighted by Gasteiger charge is 2.15. The minimum Gasteiger partial charge on any atom is -0.299 e. The summed E-state index contributed by atoms with van der Waals surface area (Å²) in [4.78, 5) is 1.61. The molecule has 0 saturated carbocycles. The van der Waals surface area contributed by atoms with Crippen LogP contribution in [-0.4, -0.2) is 5.04 Å². The quantitative estimate of drug-likeness (QED) is 0.600. The van der Waals surface area contributed by atoms with Crippen molar-refractivity contribution in [3.8, 4) is 0 Å². The maximum atomic E-state index is 7.40. The van der Waals surface area contributed by atoms with Crippen molar-refractivity contribution in [3.05, 3.63) is 21.4 Å². The Morgan fingerprint density at radius 1 is 1.50 bits per heavy atom.